The standard InChI is InChI=1S/C9H16O3/c1-9(2)11-7-3-6(5-10)4-8(7)12-9/h6-8,10H,3-5H2,1-2H3/t6?,7-,8+. The molecule has 1 aliphatic heterocycles. The van der Waals surface area contributed by atoms with E-state index < -0.39 is 5.79 Å². The molecule has 0 spiro atoms. The van der Waals surface area contributed by atoms with Gasteiger partial charge in [0.05, 0.1) is 12.2 Å². The van der Waals surface area contributed by atoms with Crippen LogP contribution >= 0.6 is 0 Å². The van der Waals surface area contributed by atoms with E-state index in [9.17, 15) is 0 Å². The van der Waals surface area contributed by atoms with Gasteiger partial charge in [-0.1, -0.05) is 0 Å². The number of aliphatic hydroxyl groups excluding tert-OH is 1. The van der Waals surface area contributed by atoms with Gasteiger partial charge in [0.15, 0.2) is 5.79 Å². The highest BCUT2D eigenvalue weighted by molar-refractivity contribution is 4.90. The first-order valence-electron chi connectivity index (χ1n) is 4.57. The summed E-state index contributed by atoms with van der Waals surface area (Å²) in [4.78, 5) is 0. The molecule has 0 bridgehead atoms. The normalized spacial score (nSPS) is 44.8. The number of hydrogen-bond acceptors (Lipinski definition) is 3. The van der Waals surface area contributed by atoms with Crippen molar-refractivity contribution in [1.82, 2.24) is 0 Å². The molecule has 1 saturated heterocycles. The summed E-state index contributed by atoms with van der Waals surface area (Å²) in [7, 11) is 0. The van der Waals surface area contributed by atoms with E-state index in [2.05, 4.69) is 0 Å². The van der Waals surface area contributed by atoms with Crippen LogP contribution in [0.5, 0.6) is 0 Å². The Kier molecular flexibility index (Phi) is 1.90. The molecule has 1 heterocycles. The zero-order valence-electron chi connectivity index (χ0n) is 7.62. The predicted molar refractivity (Wildman–Crippen MR) is 43.6 cm³/mol. The molecule has 1 unspecified atom stereocenters. The van der Waals surface area contributed by atoms with Crippen LogP contribution in [0, 0.1) is 5.92 Å². The fourth-order valence-electron chi connectivity index (χ4n) is 2.21. The maximum atomic E-state index is 8.94. The first kappa shape index (κ1) is 8.48. The molecule has 70 valence electrons. The van der Waals surface area contributed by atoms with E-state index in [1.54, 1.807) is 0 Å². The molecule has 3 atom stereocenters. The van der Waals surface area contributed by atoms with Crippen molar-refractivity contribution in [2.75, 3.05) is 6.61 Å². The summed E-state index contributed by atoms with van der Waals surface area (Å²) in [6, 6.07) is 0. The zero-order valence-corrected chi connectivity index (χ0v) is 7.62. The van der Waals surface area contributed by atoms with E-state index >= 15 is 0 Å². The maximum absolute atomic E-state index is 8.94. The summed E-state index contributed by atoms with van der Waals surface area (Å²) in [6.45, 7) is 4.15. The van der Waals surface area contributed by atoms with Gasteiger partial charge in [-0.3, -0.25) is 0 Å². The molecule has 0 amide bonds. The van der Waals surface area contributed by atoms with Gasteiger partial charge in [0.2, 0.25) is 0 Å². The molecule has 1 N–H and O–H groups in total. The van der Waals surface area contributed by atoms with Gasteiger partial charge < -0.3 is 14.6 Å². The Morgan fingerprint density at radius 3 is 2.17 bits per heavy atom. The third-order valence-corrected chi connectivity index (χ3v) is 2.67. The summed E-state index contributed by atoms with van der Waals surface area (Å²) in [5.41, 5.74) is 0. The van der Waals surface area contributed by atoms with Gasteiger partial charge in [-0.25, -0.2) is 0 Å². The van der Waals surface area contributed by atoms with Crippen molar-refractivity contribution in [3.63, 3.8) is 0 Å². The molecule has 0 radical (unpaired) electrons. The first-order chi connectivity index (χ1) is 5.61. The van der Waals surface area contributed by atoms with Crippen LogP contribution in [0.15, 0.2) is 0 Å². The average Bonchev–Trinajstić information content (AvgIpc) is 2.40. The van der Waals surface area contributed by atoms with Crippen LogP contribution in [0.3, 0.4) is 0 Å². The molecule has 0 aromatic heterocycles. The molecule has 3 heteroatoms. The van der Waals surface area contributed by atoms with Gasteiger partial charge in [0.1, 0.15) is 0 Å². The van der Waals surface area contributed by atoms with Crippen molar-refractivity contribution < 1.29 is 14.6 Å². The topological polar surface area (TPSA) is 38.7 Å². The van der Waals surface area contributed by atoms with Crippen LogP contribution in [0.4, 0.5) is 0 Å². The monoisotopic (exact) mass is 172 g/mol. The van der Waals surface area contributed by atoms with Gasteiger partial charge in [0.25, 0.3) is 0 Å². The average molecular weight is 172 g/mol. The Bertz CT molecular complexity index is 163. The van der Waals surface area contributed by atoms with Crippen LogP contribution < -0.4 is 0 Å². The third-order valence-electron chi connectivity index (χ3n) is 2.67. The lowest BCUT2D eigenvalue weighted by molar-refractivity contribution is -0.154. The molecule has 1 aliphatic carbocycles. The highest BCUT2D eigenvalue weighted by Crippen LogP contribution is 2.40. The minimum absolute atomic E-state index is 0.220. The van der Waals surface area contributed by atoms with Crippen molar-refractivity contribution >= 4 is 0 Å². The second-order valence-electron chi connectivity index (χ2n) is 4.23. The predicted octanol–water partition coefficient (Wildman–Crippen LogP) is 0.909. The van der Waals surface area contributed by atoms with E-state index in [0.29, 0.717) is 5.92 Å². The lowest BCUT2D eigenvalue weighted by Gasteiger charge is -2.19. The van der Waals surface area contributed by atoms with Gasteiger partial charge >= 0.3 is 0 Å². The van der Waals surface area contributed by atoms with Crippen molar-refractivity contribution in [3.8, 4) is 0 Å². The van der Waals surface area contributed by atoms with Crippen molar-refractivity contribution in [2.45, 2.75) is 44.7 Å². The molecule has 0 aromatic carbocycles. The first-order valence-corrected chi connectivity index (χ1v) is 4.57. The van der Waals surface area contributed by atoms with Gasteiger partial charge in [-0.2, -0.15) is 0 Å². The second kappa shape index (κ2) is 2.69. The van der Waals surface area contributed by atoms with E-state index in [1.165, 1.54) is 0 Å². The van der Waals surface area contributed by atoms with Crippen LogP contribution in [-0.2, 0) is 9.47 Å². The highest BCUT2D eigenvalue weighted by Gasteiger charge is 2.46. The number of hydrogen-bond donors (Lipinski definition) is 1. The van der Waals surface area contributed by atoms with Gasteiger partial charge in [0, 0.05) is 6.61 Å². The maximum Gasteiger partial charge on any atom is 0.163 e. The summed E-state index contributed by atoms with van der Waals surface area (Å²) in [5.74, 6) is -0.0217. The SMILES string of the molecule is CC1(C)O[C@H]2CC(CO)C[C@H]2O1. The Balaban J connectivity index is 1.97. The van der Waals surface area contributed by atoms with Gasteiger partial charge in [-0.15, -0.1) is 0 Å². The summed E-state index contributed by atoms with van der Waals surface area (Å²) in [5, 5.41) is 8.94. The fraction of sp³-hybridized carbons (Fsp3) is 1.00. The minimum Gasteiger partial charge on any atom is -0.396 e. The van der Waals surface area contributed by atoms with Crippen molar-refractivity contribution in [1.29, 1.82) is 0 Å². The zero-order chi connectivity index (χ0) is 8.77. The minimum atomic E-state index is -0.407. The molecule has 1 saturated carbocycles. The van der Waals surface area contributed by atoms with Crippen molar-refractivity contribution in [2.24, 2.45) is 5.92 Å². The molecular formula is C9H16O3. The molecular weight excluding hydrogens is 156 g/mol. The van der Waals surface area contributed by atoms with Crippen LogP contribution in [0.25, 0.3) is 0 Å². The quantitative estimate of drug-likeness (QED) is 0.639. The van der Waals surface area contributed by atoms with E-state index in [-0.39, 0.29) is 18.8 Å². The van der Waals surface area contributed by atoms with Crippen LogP contribution in [0.2, 0.25) is 0 Å². The third kappa shape index (κ3) is 1.37. The molecule has 2 rings (SSSR count). The van der Waals surface area contributed by atoms with E-state index in [1.807, 2.05) is 13.8 Å². The molecule has 0 aromatic rings. The number of fused-ring (bicyclic) bond motifs is 1. The summed E-state index contributed by atoms with van der Waals surface area (Å²) >= 11 is 0. The summed E-state index contributed by atoms with van der Waals surface area (Å²) in [6.07, 6.45) is 2.34. The van der Waals surface area contributed by atoms with E-state index in [4.69, 9.17) is 14.6 Å². The highest BCUT2D eigenvalue weighted by atomic mass is 16.8. The Morgan fingerprint density at radius 1 is 1.25 bits per heavy atom. The number of rotatable bonds is 1. The Morgan fingerprint density at radius 2 is 1.75 bits per heavy atom. The van der Waals surface area contributed by atoms with Crippen LogP contribution in [0.1, 0.15) is 26.7 Å². The Labute approximate surface area is 72.7 Å². The van der Waals surface area contributed by atoms with E-state index in [0.717, 1.165) is 12.8 Å². The molecule has 12 heavy (non-hydrogen) atoms. The smallest absolute Gasteiger partial charge is 0.163 e. The van der Waals surface area contributed by atoms with Gasteiger partial charge in [-0.05, 0) is 32.6 Å². The van der Waals surface area contributed by atoms with Crippen molar-refractivity contribution in [3.05, 3.63) is 0 Å². The largest absolute Gasteiger partial charge is 0.396 e. The second-order valence-corrected chi connectivity index (χ2v) is 4.23. The number of ether oxygens (including phenoxy) is 2. The Hall–Kier alpha value is -0.120. The molecule has 2 aliphatic rings. The molecule has 3 nitrogen and oxygen atoms in total. The summed E-state index contributed by atoms with van der Waals surface area (Å²) < 4.78 is 11.3. The lowest BCUT2D eigenvalue weighted by atomic mass is 10.1. The lowest BCUT2D eigenvalue weighted by Crippen LogP contribution is -2.23. The molecule has 2 fully saturated rings. The fourth-order valence-corrected chi connectivity index (χ4v) is 2.21. The van der Waals surface area contributed by atoms with Crippen LogP contribution in [-0.4, -0.2) is 29.7 Å². The number of aliphatic hydroxyl groups is 1.